The third-order valence-electron chi connectivity index (χ3n) is 4.76. The van der Waals surface area contributed by atoms with E-state index < -0.39 is 29.2 Å². The van der Waals surface area contributed by atoms with Gasteiger partial charge in [0.15, 0.2) is 0 Å². The van der Waals surface area contributed by atoms with Crippen LogP contribution >= 0.6 is 0 Å². The second kappa shape index (κ2) is 7.69. The van der Waals surface area contributed by atoms with Crippen molar-refractivity contribution in [3.63, 3.8) is 0 Å². The van der Waals surface area contributed by atoms with E-state index in [9.17, 15) is 22.8 Å². The number of alkyl halides is 3. The van der Waals surface area contributed by atoms with Crippen LogP contribution in [0.5, 0.6) is 0 Å². The molecule has 0 aliphatic carbocycles. The average Bonchev–Trinajstić information content (AvgIpc) is 3.09. The predicted octanol–water partition coefficient (Wildman–Crippen LogP) is 4.66. The lowest BCUT2D eigenvalue weighted by molar-refractivity contribution is -0.138. The van der Waals surface area contributed by atoms with E-state index in [0.717, 1.165) is 10.7 Å². The number of nitrogens with zero attached hydrogens (tertiary/aromatic N) is 2. The number of hydrogen-bond donors (Lipinski definition) is 0. The molecule has 0 unspecified atom stereocenters. The fraction of sp³-hybridized carbons (Fsp3) is 0.286. The van der Waals surface area contributed by atoms with Crippen LogP contribution in [0.2, 0.25) is 0 Å². The zero-order valence-corrected chi connectivity index (χ0v) is 16.1. The van der Waals surface area contributed by atoms with Crippen molar-refractivity contribution in [3.05, 3.63) is 64.3 Å². The number of fused-ring (bicyclic) bond motifs is 1. The van der Waals surface area contributed by atoms with Gasteiger partial charge in [0.25, 0.3) is 5.91 Å². The maximum Gasteiger partial charge on any atom is 0.417 e. The minimum absolute atomic E-state index is 0.177. The smallest absolute Gasteiger partial charge is 0.417 e. The third-order valence-corrected chi connectivity index (χ3v) is 4.76. The lowest BCUT2D eigenvalue weighted by Crippen LogP contribution is -2.21. The maximum absolute atomic E-state index is 13.6. The van der Waals surface area contributed by atoms with Gasteiger partial charge in [-0.2, -0.15) is 23.0 Å². The lowest BCUT2D eigenvalue weighted by Gasteiger charge is -2.15. The van der Waals surface area contributed by atoms with Gasteiger partial charge in [-0.1, -0.05) is 32.0 Å². The van der Waals surface area contributed by atoms with Crippen LogP contribution in [-0.4, -0.2) is 28.8 Å². The molecule has 29 heavy (non-hydrogen) atoms. The van der Waals surface area contributed by atoms with Crippen LogP contribution < -0.4 is 0 Å². The zero-order chi connectivity index (χ0) is 21.3. The molecule has 0 fully saturated rings. The molecule has 8 heteroatoms. The van der Waals surface area contributed by atoms with Gasteiger partial charge in [-0.15, -0.1) is 0 Å². The van der Waals surface area contributed by atoms with Gasteiger partial charge in [-0.05, 0) is 36.6 Å². The van der Waals surface area contributed by atoms with Gasteiger partial charge in [-0.25, -0.2) is 4.79 Å². The number of halogens is 3. The summed E-state index contributed by atoms with van der Waals surface area (Å²) in [7, 11) is 1.22. The summed E-state index contributed by atoms with van der Waals surface area (Å²) >= 11 is 0. The summed E-state index contributed by atoms with van der Waals surface area (Å²) < 4.78 is 46.4. The van der Waals surface area contributed by atoms with Gasteiger partial charge >= 0.3 is 12.1 Å². The molecule has 0 N–H and O–H groups in total. The van der Waals surface area contributed by atoms with Crippen LogP contribution in [0.15, 0.2) is 36.4 Å². The van der Waals surface area contributed by atoms with Gasteiger partial charge in [0.2, 0.25) is 0 Å². The summed E-state index contributed by atoms with van der Waals surface area (Å²) in [6.45, 7) is 3.51. The number of aromatic nitrogens is 2. The van der Waals surface area contributed by atoms with E-state index in [2.05, 4.69) is 5.10 Å². The van der Waals surface area contributed by atoms with Gasteiger partial charge in [-0.3, -0.25) is 4.79 Å². The largest absolute Gasteiger partial charge is 0.465 e. The Morgan fingerprint density at radius 1 is 1.10 bits per heavy atom. The molecule has 0 saturated carbocycles. The molecule has 1 heterocycles. The maximum atomic E-state index is 13.6. The minimum atomic E-state index is -4.69. The number of rotatable bonds is 4. The number of carbonyl (C=O) groups excluding carboxylic acids is 2. The zero-order valence-electron chi connectivity index (χ0n) is 16.1. The molecule has 152 valence electrons. The Morgan fingerprint density at radius 2 is 1.83 bits per heavy atom. The summed E-state index contributed by atoms with van der Waals surface area (Å²) in [5, 5.41) is 4.85. The molecule has 0 spiro atoms. The number of esters is 1. The monoisotopic (exact) mass is 404 g/mol. The Morgan fingerprint density at radius 3 is 2.41 bits per heavy atom. The second-order valence-corrected chi connectivity index (χ2v) is 6.43. The van der Waals surface area contributed by atoms with E-state index in [-0.39, 0.29) is 23.1 Å². The quantitative estimate of drug-likeness (QED) is 0.594. The summed E-state index contributed by atoms with van der Waals surface area (Å²) in [6.07, 6.45) is -3.97. The van der Waals surface area contributed by atoms with Crippen molar-refractivity contribution >= 4 is 22.8 Å². The van der Waals surface area contributed by atoms with Crippen LogP contribution in [0.1, 0.15) is 51.4 Å². The fourth-order valence-electron chi connectivity index (χ4n) is 3.33. The molecule has 3 aromatic rings. The first kappa shape index (κ1) is 20.6. The van der Waals surface area contributed by atoms with Crippen molar-refractivity contribution in [1.29, 1.82) is 0 Å². The Balaban J connectivity index is 2.29. The highest BCUT2D eigenvalue weighted by molar-refractivity contribution is 6.05. The molecule has 3 rings (SSSR count). The van der Waals surface area contributed by atoms with Crippen LogP contribution in [0, 0.1) is 0 Å². The highest BCUT2D eigenvalue weighted by Crippen LogP contribution is 2.34. The number of hydrogen-bond acceptors (Lipinski definition) is 4. The number of benzene rings is 2. The molecule has 2 aromatic carbocycles. The normalized spacial score (nSPS) is 11.7. The van der Waals surface area contributed by atoms with Crippen molar-refractivity contribution in [2.24, 2.45) is 0 Å². The second-order valence-electron chi connectivity index (χ2n) is 6.43. The van der Waals surface area contributed by atoms with E-state index in [0.29, 0.717) is 17.5 Å². The van der Waals surface area contributed by atoms with Crippen LogP contribution in [0.25, 0.3) is 10.9 Å². The first-order valence-electron chi connectivity index (χ1n) is 9.06. The lowest BCUT2D eigenvalue weighted by atomic mass is 9.98. The van der Waals surface area contributed by atoms with Crippen molar-refractivity contribution < 1.29 is 27.5 Å². The summed E-state index contributed by atoms with van der Waals surface area (Å²) in [4.78, 5) is 25.2. The molecule has 0 aliphatic rings. The Bertz CT molecular complexity index is 1100. The number of methoxy groups -OCH3 is 1. The van der Waals surface area contributed by atoms with Crippen molar-refractivity contribution in [2.75, 3.05) is 7.11 Å². The average molecular weight is 404 g/mol. The number of carbonyl (C=O) groups is 2. The summed E-state index contributed by atoms with van der Waals surface area (Å²) in [5.41, 5.74) is -0.182. The minimum Gasteiger partial charge on any atom is -0.465 e. The molecule has 0 amide bonds. The van der Waals surface area contributed by atoms with Crippen LogP contribution in [0.3, 0.4) is 0 Å². The molecule has 0 bridgehead atoms. The number of ether oxygens (including phenoxy) is 1. The molecule has 1 aromatic heterocycles. The molecular formula is C21H19F3N2O3. The Kier molecular flexibility index (Phi) is 5.46. The number of aryl methyl sites for hydroxylation is 2. The molecular weight excluding hydrogens is 385 g/mol. The van der Waals surface area contributed by atoms with Crippen molar-refractivity contribution in [1.82, 2.24) is 9.78 Å². The molecule has 0 atom stereocenters. The van der Waals surface area contributed by atoms with Gasteiger partial charge in [0.05, 0.1) is 35.0 Å². The van der Waals surface area contributed by atoms with E-state index in [1.54, 1.807) is 13.0 Å². The molecule has 0 aliphatic heterocycles. The summed E-state index contributed by atoms with van der Waals surface area (Å²) in [6, 6.07) is 8.23. The van der Waals surface area contributed by atoms with E-state index in [4.69, 9.17) is 4.74 Å². The fourth-order valence-corrected chi connectivity index (χ4v) is 3.33. The Labute approximate surface area is 165 Å². The standard InChI is InChI=1S/C21H19F3N2O3/c1-4-12-7-6-8-15(21(22,23)24)18(12)19(27)26-17-11-13(20(28)29-3)9-10-14(17)16(5-2)25-26/h6-11H,4-5H2,1-3H3. The van der Waals surface area contributed by atoms with Crippen LogP contribution in [0.4, 0.5) is 13.2 Å². The topological polar surface area (TPSA) is 61.2 Å². The van der Waals surface area contributed by atoms with E-state index in [1.165, 1.54) is 31.4 Å². The summed E-state index contributed by atoms with van der Waals surface area (Å²) in [5.74, 6) is -1.50. The van der Waals surface area contributed by atoms with Gasteiger partial charge in [0.1, 0.15) is 0 Å². The van der Waals surface area contributed by atoms with E-state index in [1.807, 2.05) is 6.92 Å². The van der Waals surface area contributed by atoms with Gasteiger partial charge < -0.3 is 4.74 Å². The van der Waals surface area contributed by atoms with Crippen molar-refractivity contribution in [3.8, 4) is 0 Å². The highest BCUT2D eigenvalue weighted by atomic mass is 19.4. The predicted molar refractivity (Wildman–Crippen MR) is 101 cm³/mol. The SMILES string of the molecule is CCc1cccc(C(F)(F)F)c1C(=O)n1nc(CC)c2ccc(C(=O)OC)cc21. The van der Waals surface area contributed by atoms with E-state index >= 15 is 0 Å². The highest BCUT2D eigenvalue weighted by Gasteiger charge is 2.37. The molecule has 0 saturated heterocycles. The van der Waals surface area contributed by atoms with Crippen molar-refractivity contribution in [2.45, 2.75) is 32.9 Å². The molecule has 0 radical (unpaired) electrons. The third kappa shape index (κ3) is 3.62. The first-order chi connectivity index (χ1) is 13.7. The first-order valence-corrected chi connectivity index (χ1v) is 9.06. The Hall–Kier alpha value is -3.16. The van der Waals surface area contributed by atoms with Gasteiger partial charge in [0, 0.05) is 5.39 Å². The van der Waals surface area contributed by atoms with Crippen LogP contribution in [-0.2, 0) is 23.8 Å². The molecule has 5 nitrogen and oxygen atoms in total.